The van der Waals surface area contributed by atoms with Gasteiger partial charge in [0.15, 0.2) is 0 Å². The normalized spacial score (nSPS) is 16.4. The molecule has 2 aromatic rings. The van der Waals surface area contributed by atoms with Crippen molar-refractivity contribution in [2.24, 2.45) is 5.10 Å². The van der Waals surface area contributed by atoms with Crippen LogP contribution in [-0.4, -0.2) is 21.7 Å². The number of benzene rings is 2. The predicted octanol–water partition coefficient (Wildman–Crippen LogP) is 4.14. The summed E-state index contributed by atoms with van der Waals surface area (Å²) in [6.07, 6.45) is -0.905. The van der Waals surface area contributed by atoms with Crippen molar-refractivity contribution in [3.63, 3.8) is 0 Å². The lowest BCUT2D eigenvalue weighted by Crippen LogP contribution is -2.25. The molecule has 7 nitrogen and oxygen atoms in total. The number of non-ortho nitro benzene ring substituents is 1. The number of nitrogens with zero attached hydrogens (tertiary/aromatic N) is 3. The minimum Gasteiger partial charge on any atom is -0.446 e. The van der Waals surface area contributed by atoms with Crippen molar-refractivity contribution >= 4 is 40.7 Å². The van der Waals surface area contributed by atoms with E-state index in [1.807, 2.05) is 0 Å². The molecule has 128 valence electrons. The van der Waals surface area contributed by atoms with Gasteiger partial charge in [-0.15, -0.1) is 5.10 Å². The highest BCUT2D eigenvalue weighted by Gasteiger charge is 2.35. The molecule has 25 heavy (non-hydrogen) atoms. The summed E-state index contributed by atoms with van der Waals surface area (Å²) < 4.78 is 5.77. The van der Waals surface area contributed by atoms with E-state index in [0.717, 1.165) is 5.01 Å². The first-order chi connectivity index (χ1) is 11.9. The number of hydrogen-bond donors (Lipinski definition) is 0. The zero-order valence-corrected chi connectivity index (χ0v) is 14.4. The first-order valence-electron chi connectivity index (χ1n) is 7.12. The predicted molar refractivity (Wildman–Crippen MR) is 92.4 cm³/mol. The standard InChI is InChI=1S/C16H11Cl2N3O4/c1-9(22)20-16(12-6-3-7-13(17)14(12)18)25-15(19-20)10-4-2-5-11(8-10)21(23)24/h2-8,16H,1H3. The Morgan fingerprint density at radius 1 is 1.28 bits per heavy atom. The molecule has 0 aromatic heterocycles. The van der Waals surface area contributed by atoms with Crippen molar-refractivity contribution in [1.29, 1.82) is 0 Å². The van der Waals surface area contributed by atoms with E-state index in [1.54, 1.807) is 24.3 Å². The quantitative estimate of drug-likeness (QED) is 0.592. The molecule has 1 heterocycles. The monoisotopic (exact) mass is 379 g/mol. The van der Waals surface area contributed by atoms with E-state index in [-0.39, 0.29) is 22.5 Å². The fourth-order valence-corrected chi connectivity index (χ4v) is 2.75. The summed E-state index contributed by atoms with van der Waals surface area (Å²) >= 11 is 12.2. The molecule has 0 saturated carbocycles. The number of halogens is 2. The van der Waals surface area contributed by atoms with Crippen LogP contribution in [0.1, 0.15) is 24.3 Å². The fourth-order valence-electron chi connectivity index (χ4n) is 2.35. The molecule has 9 heteroatoms. The van der Waals surface area contributed by atoms with E-state index in [1.165, 1.54) is 25.1 Å². The van der Waals surface area contributed by atoms with Crippen molar-refractivity contribution in [2.75, 3.05) is 0 Å². The molecule has 1 atom stereocenters. The van der Waals surface area contributed by atoms with E-state index < -0.39 is 11.2 Å². The second-order valence-corrected chi connectivity index (χ2v) is 5.97. The van der Waals surface area contributed by atoms with Crippen LogP contribution in [0.15, 0.2) is 47.6 Å². The van der Waals surface area contributed by atoms with Gasteiger partial charge in [-0.1, -0.05) is 41.4 Å². The summed E-state index contributed by atoms with van der Waals surface area (Å²) in [7, 11) is 0. The summed E-state index contributed by atoms with van der Waals surface area (Å²) in [4.78, 5) is 22.3. The van der Waals surface area contributed by atoms with Crippen LogP contribution in [0.25, 0.3) is 0 Å². The molecule has 1 aliphatic heterocycles. The van der Waals surface area contributed by atoms with Crippen LogP contribution >= 0.6 is 23.2 Å². The molecule has 0 saturated heterocycles. The topological polar surface area (TPSA) is 85.0 Å². The van der Waals surface area contributed by atoms with Gasteiger partial charge in [0.1, 0.15) is 0 Å². The average Bonchev–Trinajstić information content (AvgIpc) is 3.03. The summed E-state index contributed by atoms with van der Waals surface area (Å²) in [5.74, 6) is -0.290. The lowest BCUT2D eigenvalue weighted by atomic mass is 10.2. The summed E-state index contributed by atoms with van der Waals surface area (Å²) in [5, 5.41) is 16.8. The molecular formula is C16H11Cl2N3O4. The van der Waals surface area contributed by atoms with E-state index in [4.69, 9.17) is 27.9 Å². The Balaban J connectivity index is 2.00. The smallest absolute Gasteiger partial charge is 0.270 e. The lowest BCUT2D eigenvalue weighted by molar-refractivity contribution is -0.384. The number of ether oxygens (including phenoxy) is 1. The van der Waals surface area contributed by atoms with E-state index in [2.05, 4.69) is 5.10 Å². The number of nitro benzene ring substituents is 1. The van der Waals surface area contributed by atoms with Gasteiger partial charge < -0.3 is 4.74 Å². The van der Waals surface area contributed by atoms with Crippen LogP contribution in [0.5, 0.6) is 0 Å². The zero-order valence-electron chi connectivity index (χ0n) is 12.8. The number of rotatable bonds is 3. The molecular weight excluding hydrogens is 369 g/mol. The van der Waals surface area contributed by atoms with Crippen LogP contribution in [-0.2, 0) is 9.53 Å². The molecule has 0 bridgehead atoms. The number of carbonyl (C=O) groups is 1. The fraction of sp³-hybridized carbons (Fsp3) is 0.125. The molecule has 0 radical (unpaired) electrons. The van der Waals surface area contributed by atoms with Gasteiger partial charge in [-0.3, -0.25) is 14.9 Å². The Hall–Kier alpha value is -2.64. The third-order valence-corrected chi connectivity index (χ3v) is 4.35. The molecule has 3 rings (SSSR count). The summed E-state index contributed by atoms with van der Waals surface area (Å²) in [6, 6.07) is 10.7. The molecule has 0 fully saturated rings. The van der Waals surface area contributed by atoms with Crippen LogP contribution in [0, 0.1) is 10.1 Å². The summed E-state index contributed by atoms with van der Waals surface area (Å²) in [6.45, 7) is 1.33. The second-order valence-electron chi connectivity index (χ2n) is 5.19. The second kappa shape index (κ2) is 6.70. The SMILES string of the molecule is CC(=O)N1N=C(c2cccc([N+](=O)[O-])c2)OC1c1cccc(Cl)c1Cl. The van der Waals surface area contributed by atoms with Crippen molar-refractivity contribution < 1.29 is 14.5 Å². The van der Waals surface area contributed by atoms with Gasteiger partial charge >= 0.3 is 0 Å². The van der Waals surface area contributed by atoms with Crippen molar-refractivity contribution in [1.82, 2.24) is 5.01 Å². The Bertz CT molecular complexity index is 901. The van der Waals surface area contributed by atoms with Gasteiger partial charge in [0.05, 0.1) is 15.0 Å². The van der Waals surface area contributed by atoms with E-state index in [9.17, 15) is 14.9 Å². The van der Waals surface area contributed by atoms with E-state index >= 15 is 0 Å². The van der Waals surface area contributed by atoms with Crippen molar-refractivity contribution in [2.45, 2.75) is 13.2 Å². The third-order valence-electron chi connectivity index (χ3n) is 3.52. The molecule has 0 N–H and O–H groups in total. The van der Waals surface area contributed by atoms with E-state index in [0.29, 0.717) is 16.1 Å². The van der Waals surface area contributed by atoms with Crippen molar-refractivity contribution in [3.05, 3.63) is 73.8 Å². The molecule has 1 unspecified atom stereocenters. The van der Waals surface area contributed by atoms with Crippen LogP contribution in [0.2, 0.25) is 10.0 Å². The number of amides is 1. The maximum absolute atomic E-state index is 11.9. The highest BCUT2D eigenvalue weighted by molar-refractivity contribution is 6.42. The first-order valence-corrected chi connectivity index (χ1v) is 7.88. The zero-order chi connectivity index (χ0) is 18.1. The minimum atomic E-state index is -0.905. The van der Waals surface area contributed by atoms with Gasteiger partial charge in [-0.05, 0) is 12.1 Å². The largest absolute Gasteiger partial charge is 0.446 e. The molecule has 0 spiro atoms. The number of hydrazone groups is 1. The average molecular weight is 380 g/mol. The number of nitro groups is 1. The molecule has 0 aliphatic carbocycles. The Morgan fingerprint density at radius 3 is 2.68 bits per heavy atom. The Labute approximate surface area is 152 Å². The first kappa shape index (κ1) is 17.2. The molecule has 1 aliphatic rings. The highest BCUT2D eigenvalue weighted by Crippen LogP contribution is 2.37. The maximum atomic E-state index is 11.9. The van der Waals surface area contributed by atoms with Gasteiger partial charge in [0.25, 0.3) is 5.69 Å². The van der Waals surface area contributed by atoms with Gasteiger partial charge in [-0.2, -0.15) is 5.01 Å². The number of carbonyl (C=O) groups excluding carboxylic acids is 1. The Kier molecular flexibility index (Phi) is 4.61. The van der Waals surface area contributed by atoms with Crippen molar-refractivity contribution in [3.8, 4) is 0 Å². The van der Waals surface area contributed by atoms with Gasteiger partial charge in [0.2, 0.25) is 18.0 Å². The van der Waals surface area contributed by atoms with Crippen LogP contribution < -0.4 is 0 Å². The number of hydrogen-bond acceptors (Lipinski definition) is 5. The molecule has 2 aromatic carbocycles. The minimum absolute atomic E-state index is 0.0833. The maximum Gasteiger partial charge on any atom is 0.270 e. The van der Waals surface area contributed by atoms with Crippen LogP contribution in [0.4, 0.5) is 5.69 Å². The van der Waals surface area contributed by atoms with Gasteiger partial charge in [0, 0.05) is 30.2 Å². The lowest BCUT2D eigenvalue weighted by Gasteiger charge is -2.20. The van der Waals surface area contributed by atoms with Crippen LogP contribution in [0.3, 0.4) is 0 Å². The highest BCUT2D eigenvalue weighted by atomic mass is 35.5. The Morgan fingerprint density at radius 2 is 2.00 bits per heavy atom. The van der Waals surface area contributed by atoms with Gasteiger partial charge in [-0.25, -0.2) is 0 Å². The third kappa shape index (κ3) is 3.29. The molecule has 1 amide bonds. The summed E-state index contributed by atoms with van der Waals surface area (Å²) in [5.41, 5.74) is 0.733.